The van der Waals surface area contributed by atoms with Crippen LogP contribution >= 0.6 is 11.3 Å². The van der Waals surface area contributed by atoms with Gasteiger partial charge in [0.15, 0.2) is 0 Å². The monoisotopic (exact) mass is 227 g/mol. The summed E-state index contributed by atoms with van der Waals surface area (Å²) in [5, 5.41) is 13.8. The van der Waals surface area contributed by atoms with Gasteiger partial charge in [-0.1, -0.05) is 13.8 Å². The van der Waals surface area contributed by atoms with Gasteiger partial charge in [-0.2, -0.15) is 0 Å². The lowest BCUT2D eigenvalue weighted by atomic mass is 10.1. The van der Waals surface area contributed by atoms with Crippen molar-refractivity contribution in [3.63, 3.8) is 0 Å². The summed E-state index contributed by atoms with van der Waals surface area (Å²) in [6, 6.07) is 1.75. The molecule has 1 aromatic heterocycles. The summed E-state index contributed by atoms with van der Waals surface area (Å²) in [5.41, 5.74) is 0.984. The molecule has 0 saturated carbocycles. The van der Waals surface area contributed by atoms with Crippen molar-refractivity contribution in [3.05, 3.63) is 21.9 Å². The molecule has 1 atom stereocenters. The maximum absolute atomic E-state index is 11.8. The Morgan fingerprint density at radius 2 is 2.27 bits per heavy atom. The van der Waals surface area contributed by atoms with Gasteiger partial charge in [-0.3, -0.25) is 4.79 Å². The highest BCUT2D eigenvalue weighted by Crippen LogP contribution is 2.15. The van der Waals surface area contributed by atoms with Gasteiger partial charge in [-0.15, -0.1) is 11.3 Å². The first-order valence-electron chi connectivity index (χ1n) is 5.02. The van der Waals surface area contributed by atoms with Crippen LogP contribution in [0.1, 0.15) is 29.1 Å². The summed E-state index contributed by atoms with van der Waals surface area (Å²) >= 11 is 1.43. The standard InChI is InChI=1S/C11H17NO2S/c1-7(2)9(6-13)12-11(14)10-8(3)4-5-15-10/h4-5,7,9,13H,6H2,1-3H3,(H,12,14)/t9-/m1/s1. The third-order valence-corrected chi connectivity index (χ3v) is 3.40. The molecule has 4 heteroatoms. The number of rotatable bonds is 4. The van der Waals surface area contributed by atoms with E-state index >= 15 is 0 Å². The molecule has 0 aliphatic heterocycles. The molecule has 0 fully saturated rings. The molecule has 3 nitrogen and oxygen atoms in total. The normalized spacial score (nSPS) is 12.9. The quantitative estimate of drug-likeness (QED) is 0.824. The van der Waals surface area contributed by atoms with Gasteiger partial charge in [0.2, 0.25) is 0 Å². The number of aliphatic hydroxyl groups is 1. The lowest BCUT2D eigenvalue weighted by Crippen LogP contribution is -2.41. The van der Waals surface area contributed by atoms with Crippen molar-refractivity contribution in [2.45, 2.75) is 26.8 Å². The molecule has 0 bridgehead atoms. The smallest absolute Gasteiger partial charge is 0.261 e. The number of hydrogen-bond acceptors (Lipinski definition) is 3. The average Bonchev–Trinajstić information content (AvgIpc) is 2.60. The summed E-state index contributed by atoms with van der Waals surface area (Å²) in [5.74, 6) is 0.148. The van der Waals surface area contributed by atoms with Crippen LogP contribution in [0.5, 0.6) is 0 Å². The molecule has 0 aromatic carbocycles. The molecule has 0 spiro atoms. The van der Waals surface area contributed by atoms with Crippen LogP contribution in [0.15, 0.2) is 11.4 Å². The summed E-state index contributed by atoms with van der Waals surface area (Å²) < 4.78 is 0. The number of aryl methyl sites for hydroxylation is 1. The predicted octanol–water partition coefficient (Wildman–Crippen LogP) is 1.80. The van der Waals surface area contributed by atoms with E-state index in [0.29, 0.717) is 0 Å². The number of carbonyl (C=O) groups excluding carboxylic acids is 1. The van der Waals surface area contributed by atoms with E-state index in [1.807, 2.05) is 32.2 Å². The molecule has 0 radical (unpaired) electrons. The van der Waals surface area contributed by atoms with Crippen molar-refractivity contribution in [1.29, 1.82) is 0 Å². The van der Waals surface area contributed by atoms with Gasteiger partial charge in [0, 0.05) is 0 Å². The Kier molecular flexibility index (Phi) is 4.29. The molecule has 1 heterocycles. The fourth-order valence-electron chi connectivity index (χ4n) is 1.26. The molecule has 84 valence electrons. The van der Waals surface area contributed by atoms with E-state index in [-0.39, 0.29) is 24.5 Å². The van der Waals surface area contributed by atoms with Gasteiger partial charge in [0.1, 0.15) is 0 Å². The zero-order valence-electron chi connectivity index (χ0n) is 9.28. The van der Waals surface area contributed by atoms with Gasteiger partial charge in [-0.05, 0) is 29.9 Å². The topological polar surface area (TPSA) is 49.3 Å². The van der Waals surface area contributed by atoms with Crippen LogP contribution in [0, 0.1) is 12.8 Å². The lowest BCUT2D eigenvalue weighted by Gasteiger charge is -2.19. The number of aliphatic hydroxyl groups excluding tert-OH is 1. The minimum absolute atomic E-state index is 0.0200. The molecule has 0 aliphatic carbocycles. The number of nitrogens with one attached hydrogen (secondary N) is 1. The summed E-state index contributed by atoms with van der Waals surface area (Å²) in [4.78, 5) is 12.5. The lowest BCUT2D eigenvalue weighted by molar-refractivity contribution is 0.0900. The zero-order valence-corrected chi connectivity index (χ0v) is 10.1. The summed E-state index contributed by atoms with van der Waals surface area (Å²) in [6.07, 6.45) is 0. The predicted molar refractivity (Wildman–Crippen MR) is 62.2 cm³/mol. The summed E-state index contributed by atoms with van der Waals surface area (Å²) in [6.45, 7) is 5.84. The minimum Gasteiger partial charge on any atom is -0.394 e. The van der Waals surface area contributed by atoms with Crippen LogP contribution in [0.4, 0.5) is 0 Å². The molecule has 0 unspecified atom stereocenters. The van der Waals surface area contributed by atoms with E-state index in [9.17, 15) is 4.79 Å². The van der Waals surface area contributed by atoms with Gasteiger partial charge >= 0.3 is 0 Å². The highest BCUT2D eigenvalue weighted by Gasteiger charge is 2.17. The first-order valence-corrected chi connectivity index (χ1v) is 5.90. The Morgan fingerprint density at radius 3 is 2.67 bits per heavy atom. The summed E-state index contributed by atoms with van der Waals surface area (Å²) in [7, 11) is 0. The van der Waals surface area contributed by atoms with Crippen LogP contribution in [-0.2, 0) is 0 Å². The second-order valence-electron chi connectivity index (χ2n) is 3.94. The Morgan fingerprint density at radius 1 is 1.60 bits per heavy atom. The van der Waals surface area contributed by atoms with Crippen LogP contribution < -0.4 is 5.32 Å². The first-order chi connectivity index (χ1) is 7.06. The van der Waals surface area contributed by atoms with Crippen molar-refractivity contribution in [2.24, 2.45) is 5.92 Å². The average molecular weight is 227 g/mol. The maximum atomic E-state index is 11.8. The Hall–Kier alpha value is -0.870. The van der Waals surface area contributed by atoms with Crippen LogP contribution in [0.25, 0.3) is 0 Å². The second kappa shape index (κ2) is 5.28. The molecule has 1 rings (SSSR count). The van der Waals surface area contributed by atoms with Crippen LogP contribution in [0.2, 0.25) is 0 Å². The van der Waals surface area contributed by atoms with Gasteiger partial charge < -0.3 is 10.4 Å². The van der Waals surface area contributed by atoms with Crippen molar-refractivity contribution >= 4 is 17.2 Å². The molecular formula is C11H17NO2S. The number of amides is 1. The SMILES string of the molecule is Cc1ccsc1C(=O)N[C@H](CO)C(C)C. The van der Waals surface area contributed by atoms with Gasteiger partial charge in [0.05, 0.1) is 17.5 Å². The highest BCUT2D eigenvalue weighted by atomic mass is 32.1. The van der Waals surface area contributed by atoms with Crippen molar-refractivity contribution in [1.82, 2.24) is 5.32 Å². The van der Waals surface area contributed by atoms with Crippen molar-refractivity contribution in [2.75, 3.05) is 6.61 Å². The van der Waals surface area contributed by atoms with E-state index in [1.165, 1.54) is 11.3 Å². The molecule has 0 aliphatic rings. The number of carbonyl (C=O) groups is 1. The van der Waals surface area contributed by atoms with E-state index in [0.717, 1.165) is 10.4 Å². The molecule has 15 heavy (non-hydrogen) atoms. The Labute approximate surface area is 94.1 Å². The molecule has 0 saturated heterocycles. The zero-order chi connectivity index (χ0) is 11.4. The van der Waals surface area contributed by atoms with Crippen LogP contribution in [-0.4, -0.2) is 23.7 Å². The van der Waals surface area contributed by atoms with Gasteiger partial charge in [0.25, 0.3) is 5.91 Å². The Balaban J connectivity index is 2.67. The minimum atomic E-state index is -0.168. The first kappa shape index (κ1) is 12.2. The van der Waals surface area contributed by atoms with Crippen molar-refractivity contribution < 1.29 is 9.90 Å². The fourth-order valence-corrected chi connectivity index (χ4v) is 2.09. The van der Waals surface area contributed by atoms with E-state index in [4.69, 9.17) is 5.11 Å². The molecule has 1 amide bonds. The van der Waals surface area contributed by atoms with Crippen LogP contribution in [0.3, 0.4) is 0 Å². The fraction of sp³-hybridized carbons (Fsp3) is 0.545. The van der Waals surface area contributed by atoms with Crippen molar-refractivity contribution in [3.8, 4) is 0 Å². The third kappa shape index (κ3) is 3.04. The molecular weight excluding hydrogens is 210 g/mol. The number of thiophene rings is 1. The maximum Gasteiger partial charge on any atom is 0.261 e. The Bertz CT molecular complexity index is 333. The second-order valence-corrected chi connectivity index (χ2v) is 4.86. The highest BCUT2D eigenvalue weighted by molar-refractivity contribution is 7.12. The van der Waals surface area contributed by atoms with E-state index in [1.54, 1.807) is 0 Å². The van der Waals surface area contributed by atoms with E-state index < -0.39 is 0 Å². The largest absolute Gasteiger partial charge is 0.394 e. The van der Waals surface area contributed by atoms with E-state index in [2.05, 4.69) is 5.32 Å². The number of hydrogen-bond donors (Lipinski definition) is 2. The molecule has 1 aromatic rings. The third-order valence-electron chi connectivity index (χ3n) is 2.39. The molecule has 2 N–H and O–H groups in total. The van der Waals surface area contributed by atoms with Gasteiger partial charge in [-0.25, -0.2) is 0 Å².